The number of aryl methyl sites for hydroxylation is 1. The third kappa shape index (κ3) is 2.96. The molecule has 0 amide bonds. The van der Waals surface area contributed by atoms with Crippen molar-refractivity contribution in [1.82, 2.24) is 0 Å². The summed E-state index contributed by atoms with van der Waals surface area (Å²) in [6, 6.07) is 7.97. The van der Waals surface area contributed by atoms with Gasteiger partial charge in [0, 0.05) is 11.6 Å². The molecule has 1 unspecified atom stereocenters. The molecule has 4 heteroatoms. The Morgan fingerprint density at radius 3 is 2.47 bits per heavy atom. The first-order valence-electron chi connectivity index (χ1n) is 5.93. The lowest BCUT2D eigenvalue weighted by Crippen LogP contribution is -2.15. The second kappa shape index (κ2) is 5.45. The average molecular weight is 265 g/mol. The lowest BCUT2D eigenvalue weighted by Gasteiger charge is -2.14. The molecular weight excluding hydrogens is 251 g/mol. The zero-order valence-electron chi connectivity index (χ0n) is 10.5. The van der Waals surface area contributed by atoms with E-state index in [0.29, 0.717) is 16.7 Å². The van der Waals surface area contributed by atoms with E-state index in [0.717, 1.165) is 12.1 Å². The topological polar surface area (TPSA) is 26.0 Å². The molecule has 0 spiro atoms. The fraction of sp³-hybridized carbons (Fsp3) is 0.200. The summed E-state index contributed by atoms with van der Waals surface area (Å²) in [6.45, 7) is 1.66. The normalized spacial score (nSPS) is 12.5. The molecule has 2 aromatic rings. The molecule has 1 atom stereocenters. The standard InChI is InChI=1S/C15H14F3N/c1-9-3-2-4-11(15(9)18)14(19)8-10-5-6-12(16)13(17)7-10/h2-7,14H,8,19H2,1H3. The summed E-state index contributed by atoms with van der Waals surface area (Å²) in [5.41, 5.74) is 7.35. The maximum absolute atomic E-state index is 13.9. The summed E-state index contributed by atoms with van der Waals surface area (Å²) in [4.78, 5) is 0. The maximum Gasteiger partial charge on any atom is 0.159 e. The van der Waals surface area contributed by atoms with Crippen molar-refractivity contribution >= 4 is 0 Å². The minimum absolute atomic E-state index is 0.248. The van der Waals surface area contributed by atoms with Crippen LogP contribution in [0.25, 0.3) is 0 Å². The summed E-state index contributed by atoms with van der Waals surface area (Å²) in [5.74, 6) is -2.17. The Morgan fingerprint density at radius 1 is 1.05 bits per heavy atom. The summed E-state index contributed by atoms with van der Waals surface area (Å²) < 4.78 is 39.8. The van der Waals surface area contributed by atoms with Crippen LogP contribution in [0, 0.1) is 24.4 Å². The Morgan fingerprint density at radius 2 is 1.79 bits per heavy atom. The van der Waals surface area contributed by atoms with E-state index in [9.17, 15) is 13.2 Å². The van der Waals surface area contributed by atoms with Crippen LogP contribution in [0.1, 0.15) is 22.7 Å². The minimum Gasteiger partial charge on any atom is -0.324 e. The van der Waals surface area contributed by atoms with Gasteiger partial charge in [-0.1, -0.05) is 24.3 Å². The minimum atomic E-state index is -0.922. The molecule has 19 heavy (non-hydrogen) atoms. The van der Waals surface area contributed by atoms with Crippen molar-refractivity contribution in [3.8, 4) is 0 Å². The Balaban J connectivity index is 2.23. The molecule has 0 bridgehead atoms. The summed E-state index contributed by atoms with van der Waals surface area (Å²) in [5, 5.41) is 0. The van der Waals surface area contributed by atoms with Crippen LogP contribution < -0.4 is 5.73 Å². The summed E-state index contributed by atoms with van der Waals surface area (Å²) in [7, 11) is 0. The molecule has 0 aliphatic heterocycles. The van der Waals surface area contributed by atoms with Crippen LogP contribution in [0.15, 0.2) is 36.4 Å². The number of benzene rings is 2. The van der Waals surface area contributed by atoms with Gasteiger partial charge in [-0.2, -0.15) is 0 Å². The van der Waals surface area contributed by atoms with Crippen molar-refractivity contribution < 1.29 is 13.2 Å². The van der Waals surface area contributed by atoms with Gasteiger partial charge >= 0.3 is 0 Å². The van der Waals surface area contributed by atoms with Crippen molar-refractivity contribution in [3.63, 3.8) is 0 Å². The molecule has 100 valence electrons. The molecule has 0 aliphatic carbocycles. The molecule has 2 rings (SSSR count). The van der Waals surface area contributed by atoms with Crippen LogP contribution in [-0.2, 0) is 6.42 Å². The van der Waals surface area contributed by atoms with E-state index in [2.05, 4.69) is 0 Å². The van der Waals surface area contributed by atoms with Crippen molar-refractivity contribution in [3.05, 3.63) is 70.5 Å². The van der Waals surface area contributed by atoms with Gasteiger partial charge in [0.15, 0.2) is 11.6 Å². The number of rotatable bonds is 3. The number of hydrogen-bond acceptors (Lipinski definition) is 1. The highest BCUT2D eigenvalue weighted by Crippen LogP contribution is 2.22. The fourth-order valence-electron chi connectivity index (χ4n) is 1.99. The lowest BCUT2D eigenvalue weighted by molar-refractivity contribution is 0.505. The molecule has 2 N–H and O–H groups in total. The van der Waals surface area contributed by atoms with E-state index in [1.165, 1.54) is 6.07 Å². The second-order valence-corrected chi connectivity index (χ2v) is 4.54. The molecule has 0 saturated carbocycles. The van der Waals surface area contributed by atoms with Gasteiger partial charge in [-0.25, -0.2) is 13.2 Å². The first-order chi connectivity index (χ1) is 8.99. The molecule has 0 saturated heterocycles. The summed E-state index contributed by atoms with van der Waals surface area (Å²) in [6.07, 6.45) is 0.248. The van der Waals surface area contributed by atoms with Crippen LogP contribution in [0.2, 0.25) is 0 Å². The number of halogens is 3. The molecule has 2 aromatic carbocycles. The van der Waals surface area contributed by atoms with Gasteiger partial charge in [0.05, 0.1) is 0 Å². The largest absolute Gasteiger partial charge is 0.324 e. The van der Waals surface area contributed by atoms with E-state index in [-0.39, 0.29) is 12.2 Å². The van der Waals surface area contributed by atoms with Gasteiger partial charge in [-0.15, -0.1) is 0 Å². The molecule has 0 aromatic heterocycles. The molecule has 0 aliphatic rings. The van der Waals surface area contributed by atoms with Crippen LogP contribution in [0.4, 0.5) is 13.2 Å². The monoisotopic (exact) mass is 265 g/mol. The molecule has 0 heterocycles. The van der Waals surface area contributed by atoms with Crippen molar-refractivity contribution in [2.45, 2.75) is 19.4 Å². The van der Waals surface area contributed by atoms with Crippen LogP contribution in [-0.4, -0.2) is 0 Å². The van der Waals surface area contributed by atoms with Gasteiger partial charge in [0.2, 0.25) is 0 Å². The van der Waals surface area contributed by atoms with E-state index in [4.69, 9.17) is 5.73 Å². The van der Waals surface area contributed by atoms with E-state index in [1.54, 1.807) is 25.1 Å². The second-order valence-electron chi connectivity index (χ2n) is 4.54. The Bertz CT molecular complexity index is 596. The van der Waals surface area contributed by atoms with Crippen LogP contribution in [0.3, 0.4) is 0 Å². The fourth-order valence-corrected chi connectivity index (χ4v) is 1.99. The third-order valence-corrected chi connectivity index (χ3v) is 3.06. The SMILES string of the molecule is Cc1cccc(C(N)Cc2ccc(F)c(F)c2)c1F. The van der Waals surface area contributed by atoms with Crippen LogP contribution in [0.5, 0.6) is 0 Å². The zero-order valence-corrected chi connectivity index (χ0v) is 10.5. The zero-order chi connectivity index (χ0) is 14.0. The van der Waals surface area contributed by atoms with Crippen LogP contribution >= 0.6 is 0 Å². The number of nitrogens with two attached hydrogens (primary N) is 1. The third-order valence-electron chi connectivity index (χ3n) is 3.06. The van der Waals surface area contributed by atoms with Gasteiger partial charge < -0.3 is 5.73 Å². The summed E-state index contributed by atoms with van der Waals surface area (Å²) >= 11 is 0. The Hall–Kier alpha value is -1.81. The lowest BCUT2D eigenvalue weighted by atomic mass is 9.97. The van der Waals surface area contributed by atoms with E-state index >= 15 is 0 Å². The van der Waals surface area contributed by atoms with Gasteiger partial charge in [0.1, 0.15) is 5.82 Å². The molecule has 0 radical (unpaired) electrons. The first kappa shape index (κ1) is 13.6. The van der Waals surface area contributed by atoms with Crippen molar-refractivity contribution in [1.29, 1.82) is 0 Å². The van der Waals surface area contributed by atoms with Crippen molar-refractivity contribution in [2.75, 3.05) is 0 Å². The van der Waals surface area contributed by atoms with Gasteiger partial charge in [0.25, 0.3) is 0 Å². The first-order valence-corrected chi connectivity index (χ1v) is 5.93. The highest BCUT2D eigenvalue weighted by molar-refractivity contribution is 5.29. The quantitative estimate of drug-likeness (QED) is 0.900. The van der Waals surface area contributed by atoms with E-state index < -0.39 is 17.7 Å². The Kier molecular flexibility index (Phi) is 3.90. The maximum atomic E-state index is 13.9. The van der Waals surface area contributed by atoms with Gasteiger partial charge in [-0.3, -0.25) is 0 Å². The molecule has 0 fully saturated rings. The highest BCUT2D eigenvalue weighted by Gasteiger charge is 2.14. The molecule has 1 nitrogen and oxygen atoms in total. The highest BCUT2D eigenvalue weighted by atomic mass is 19.2. The van der Waals surface area contributed by atoms with E-state index in [1.807, 2.05) is 0 Å². The number of hydrogen-bond donors (Lipinski definition) is 1. The predicted octanol–water partition coefficient (Wildman–Crippen LogP) is 3.65. The van der Waals surface area contributed by atoms with Gasteiger partial charge in [-0.05, 0) is 36.6 Å². The Labute approximate surface area is 109 Å². The van der Waals surface area contributed by atoms with Crippen molar-refractivity contribution in [2.24, 2.45) is 5.73 Å². The molecular formula is C15H14F3N. The predicted molar refractivity (Wildman–Crippen MR) is 68.1 cm³/mol. The average Bonchev–Trinajstić information content (AvgIpc) is 2.37. The smallest absolute Gasteiger partial charge is 0.159 e.